The molecule has 0 radical (unpaired) electrons. The summed E-state index contributed by atoms with van der Waals surface area (Å²) in [6.45, 7) is 5.74. The van der Waals surface area contributed by atoms with E-state index in [1.54, 1.807) is 4.52 Å². The van der Waals surface area contributed by atoms with Crippen molar-refractivity contribution in [3.63, 3.8) is 0 Å². The molecule has 4 rings (SSSR count). The van der Waals surface area contributed by atoms with Gasteiger partial charge in [0.25, 0.3) is 0 Å². The first-order valence-corrected chi connectivity index (χ1v) is 10.5. The fourth-order valence-corrected chi connectivity index (χ4v) is 4.85. The summed E-state index contributed by atoms with van der Waals surface area (Å²) in [4.78, 5) is 10.7. The second-order valence-electron chi connectivity index (χ2n) is 6.78. The Morgan fingerprint density at radius 2 is 1.93 bits per heavy atom. The maximum absolute atomic E-state index is 10.9. The lowest BCUT2D eigenvalue weighted by atomic mass is 10.0. The smallest absolute Gasteiger partial charge is 0.230 e. The molecule has 144 valence electrons. The van der Waals surface area contributed by atoms with E-state index in [0.29, 0.717) is 15.0 Å². The summed E-state index contributed by atoms with van der Waals surface area (Å²) in [5, 5.41) is 16.4. The number of benzene rings is 1. The Balaban J connectivity index is 1.80. The van der Waals surface area contributed by atoms with Crippen LogP contribution in [0.5, 0.6) is 5.88 Å². The molecule has 3 heterocycles. The topological polar surface area (TPSA) is 56.9 Å². The van der Waals surface area contributed by atoms with Crippen molar-refractivity contribution in [3.05, 3.63) is 44.5 Å². The zero-order valence-electron chi connectivity index (χ0n) is 15.2. The first-order chi connectivity index (χ1) is 13.0. The highest BCUT2D eigenvalue weighted by Crippen LogP contribution is 2.41. The van der Waals surface area contributed by atoms with Crippen LogP contribution in [0.2, 0.25) is 10.0 Å². The van der Waals surface area contributed by atoms with Crippen LogP contribution in [0.25, 0.3) is 4.96 Å². The van der Waals surface area contributed by atoms with E-state index < -0.39 is 0 Å². The van der Waals surface area contributed by atoms with Gasteiger partial charge in [0.2, 0.25) is 10.8 Å². The van der Waals surface area contributed by atoms with Gasteiger partial charge in [-0.3, -0.25) is 4.90 Å². The molecule has 1 N–H and O–H groups in total. The van der Waals surface area contributed by atoms with Crippen molar-refractivity contribution in [2.45, 2.75) is 19.4 Å². The van der Waals surface area contributed by atoms with Gasteiger partial charge in [-0.15, -0.1) is 5.10 Å². The van der Waals surface area contributed by atoms with Crippen LogP contribution < -0.4 is 0 Å². The molecule has 2 aromatic heterocycles. The van der Waals surface area contributed by atoms with Crippen LogP contribution in [-0.2, 0) is 6.42 Å². The van der Waals surface area contributed by atoms with E-state index in [2.05, 4.69) is 26.9 Å². The third-order valence-corrected chi connectivity index (χ3v) is 6.78. The zero-order valence-corrected chi connectivity index (χ0v) is 17.5. The lowest BCUT2D eigenvalue weighted by Gasteiger charge is -2.37. The SMILES string of the molecule is CCc1nc2sc(C(c3ccc(Cl)c(Cl)c3)N3CCN(C)CC3)c(O)n2n1. The standard InChI is InChI=1S/C18H21Cl2N5OS/c1-3-14-21-18-25(22-14)17(26)16(27-18)15(24-8-6-23(2)7-9-24)11-4-5-12(19)13(20)10-11/h4-5,10,15,26H,3,6-9H2,1-2H3. The Bertz CT molecular complexity index is 964. The molecule has 6 nitrogen and oxygen atoms in total. The van der Waals surface area contributed by atoms with Gasteiger partial charge >= 0.3 is 0 Å². The minimum Gasteiger partial charge on any atom is -0.492 e. The molecule has 1 aliphatic heterocycles. The van der Waals surface area contributed by atoms with Crippen molar-refractivity contribution in [3.8, 4) is 5.88 Å². The Hall–Kier alpha value is -1.38. The van der Waals surface area contributed by atoms with Crippen LogP contribution in [0.4, 0.5) is 0 Å². The summed E-state index contributed by atoms with van der Waals surface area (Å²) in [6.07, 6.45) is 0.734. The molecule has 9 heteroatoms. The normalized spacial score (nSPS) is 17.6. The van der Waals surface area contributed by atoms with Crippen LogP contribution in [0.15, 0.2) is 18.2 Å². The minimum absolute atomic E-state index is 0.118. The molecular weight excluding hydrogens is 405 g/mol. The van der Waals surface area contributed by atoms with Crippen molar-refractivity contribution >= 4 is 39.5 Å². The van der Waals surface area contributed by atoms with E-state index in [9.17, 15) is 5.11 Å². The van der Waals surface area contributed by atoms with Gasteiger partial charge in [-0.05, 0) is 24.7 Å². The molecule has 0 saturated carbocycles. The highest BCUT2D eigenvalue weighted by Gasteiger charge is 2.31. The fourth-order valence-electron chi connectivity index (χ4n) is 3.41. The summed E-state index contributed by atoms with van der Waals surface area (Å²) < 4.78 is 1.54. The number of hydrogen-bond donors (Lipinski definition) is 1. The summed E-state index contributed by atoms with van der Waals surface area (Å²) in [5.74, 6) is 0.881. The second kappa shape index (κ2) is 7.56. The summed E-state index contributed by atoms with van der Waals surface area (Å²) in [6, 6.07) is 5.56. The van der Waals surface area contributed by atoms with Crippen LogP contribution in [0.1, 0.15) is 29.2 Å². The molecule has 0 amide bonds. The highest BCUT2D eigenvalue weighted by molar-refractivity contribution is 7.17. The lowest BCUT2D eigenvalue weighted by molar-refractivity contribution is 0.127. The number of nitrogens with zero attached hydrogens (tertiary/aromatic N) is 5. The first kappa shape index (κ1) is 19.0. The monoisotopic (exact) mass is 425 g/mol. The molecule has 1 fully saturated rings. The number of aryl methyl sites for hydroxylation is 1. The Morgan fingerprint density at radius 3 is 2.56 bits per heavy atom. The number of aromatic hydroxyl groups is 1. The lowest BCUT2D eigenvalue weighted by Crippen LogP contribution is -2.46. The predicted molar refractivity (Wildman–Crippen MR) is 109 cm³/mol. The van der Waals surface area contributed by atoms with E-state index in [1.807, 2.05) is 25.1 Å². The number of piperazine rings is 1. The largest absolute Gasteiger partial charge is 0.492 e. The van der Waals surface area contributed by atoms with Crippen LogP contribution in [0.3, 0.4) is 0 Å². The number of hydrogen-bond acceptors (Lipinski definition) is 6. The molecule has 1 saturated heterocycles. The first-order valence-electron chi connectivity index (χ1n) is 8.92. The Morgan fingerprint density at radius 1 is 1.19 bits per heavy atom. The number of halogens is 2. The maximum Gasteiger partial charge on any atom is 0.230 e. The van der Waals surface area contributed by atoms with Crippen molar-refractivity contribution < 1.29 is 5.11 Å². The fraction of sp³-hybridized carbons (Fsp3) is 0.444. The quantitative estimate of drug-likeness (QED) is 0.690. The summed E-state index contributed by atoms with van der Waals surface area (Å²) in [7, 11) is 2.12. The van der Waals surface area contributed by atoms with Gasteiger partial charge in [-0.2, -0.15) is 4.52 Å². The van der Waals surface area contributed by atoms with E-state index in [0.717, 1.165) is 48.9 Å². The van der Waals surface area contributed by atoms with Gasteiger partial charge in [-0.25, -0.2) is 4.98 Å². The molecule has 0 aliphatic carbocycles. The van der Waals surface area contributed by atoms with Gasteiger partial charge in [-0.1, -0.05) is 47.5 Å². The predicted octanol–water partition coefficient (Wildman–Crippen LogP) is 3.70. The van der Waals surface area contributed by atoms with Crippen molar-refractivity contribution in [1.82, 2.24) is 24.4 Å². The summed E-state index contributed by atoms with van der Waals surface area (Å²) in [5.41, 5.74) is 1.00. The number of fused-ring (bicyclic) bond motifs is 1. The Labute approximate surface area is 171 Å². The van der Waals surface area contributed by atoms with Crippen LogP contribution in [-0.4, -0.2) is 62.7 Å². The molecule has 1 unspecified atom stereocenters. The second-order valence-corrected chi connectivity index (χ2v) is 8.60. The third-order valence-electron chi connectivity index (χ3n) is 4.97. The molecule has 1 aromatic carbocycles. The molecule has 1 aliphatic rings. The van der Waals surface area contributed by atoms with Gasteiger partial charge in [0.15, 0.2) is 5.82 Å². The van der Waals surface area contributed by atoms with Crippen molar-refractivity contribution in [2.24, 2.45) is 0 Å². The molecule has 0 bridgehead atoms. The van der Waals surface area contributed by atoms with Gasteiger partial charge in [0.05, 0.1) is 21.0 Å². The van der Waals surface area contributed by atoms with E-state index >= 15 is 0 Å². The minimum atomic E-state index is -0.118. The van der Waals surface area contributed by atoms with Gasteiger partial charge in [0.1, 0.15) is 0 Å². The average Bonchev–Trinajstić information content (AvgIpc) is 3.19. The van der Waals surface area contributed by atoms with Crippen LogP contribution >= 0.6 is 34.5 Å². The number of likely N-dealkylation sites (N-methyl/N-ethyl adjacent to an activating group) is 1. The average molecular weight is 426 g/mol. The molecule has 27 heavy (non-hydrogen) atoms. The summed E-state index contributed by atoms with van der Waals surface area (Å²) >= 11 is 13.9. The molecule has 3 aromatic rings. The Kier molecular flexibility index (Phi) is 5.31. The number of aromatic nitrogens is 3. The molecule has 0 spiro atoms. The van der Waals surface area contributed by atoms with Crippen molar-refractivity contribution in [2.75, 3.05) is 33.2 Å². The molecular formula is C18H21Cl2N5OS. The van der Waals surface area contributed by atoms with E-state index in [-0.39, 0.29) is 11.9 Å². The molecule has 1 atom stereocenters. The van der Waals surface area contributed by atoms with Crippen LogP contribution in [0, 0.1) is 0 Å². The van der Waals surface area contributed by atoms with Gasteiger partial charge < -0.3 is 10.0 Å². The highest BCUT2D eigenvalue weighted by atomic mass is 35.5. The maximum atomic E-state index is 10.9. The zero-order chi connectivity index (χ0) is 19.1. The van der Waals surface area contributed by atoms with Gasteiger partial charge in [0, 0.05) is 32.6 Å². The van der Waals surface area contributed by atoms with E-state index in [4.69, 9.17) is 23.2 Å². The number of rotatable bonds is 4. The third kappa shape index (κ3) is 3.54. The van der Waals surface area contributed by atoms with E-state index in [1.165, 1.54) is 11.3 Å². The van der Waals surface area contributed by atoms with Crippen molar-refractivity contribution in [1.29, 1.82) is 0 Å². The number of thiazole rings is 1.